The van der Waals surface area contributed by atoms with Crippen molar-refractivity contribution < 1.29 is 26.9 Å². The Morgan fingerprint density at radius 3 is 2.53 bits per heavy atom. The number of ether oxygens (including phenoxy) is 2. The maximum atomic E-state index is 12.4. The van der Waals surface area contributed by atoms with Crippen LogP contribution in [0.1, 0.15) is 15.9 Å². The maximum absolute atomic E-state index is 12.4. The van der Waals surface area contributed by atoms with E-state index in [0.717, 1.165) is 5.56 Å². The Bertz CT molecular complexity index is 1190. The van der Waals surface area contributed by atoms with Crippen LogP contribution < -0.4 is 14.4 Å². The first-order valence-electron chi connectivity index (χ1n) is 10.2. The molecule has 3 aromatic carbocycles. The van der Waals surface area contributed by atoms with Gasteiger partial charge in [-0.25, -0.2) is 4.79 Å². The smallest absolute Gasteiger partial charge is 0.343 e. The summed E-state index contributed by atoms with van der Waals surface area (Å²) in [5, 5.41) is 0. The minimum atomic E-state index is -3.84. The lowest BCUT2D eigenvalue weighted by Crippen LogP contribution is -2.35. The van der Waals surface area contributed by atoms with Crippen LogP contribution >= 0.6 is 0 Å². The van der Waals surface area contributed by atoms with Crippen molar-refractivity contribution in [1.29, 1.82) is 0 Å². The second-order valence-corrected chi connectivity index (χ2v) is 8.93. The van der Waals surface area contributed by atoms with Crippen molar-refractivity contribution in [3.05, 3.63) is 83.9 Å². The van der Waals surface area contributed by atoms with Crippen molar-refractivity contribution >= 4 is 21.8 Å². The molecule has 0 spiro atoms. The molecule has 32 heavy (non-hydrogen) atoms. The number of esters is 1. The zero-order chi connectivity index (χ0) is 22.6. The minimum Gasteiger partial charge on any atom is -0.490 e. The molecule has 166 valence electrons. The van der Waals surface area contributed by atoms with Gasteiger partial charge in [-0.15, -0.1) is 0 Å². The number of carbonyl (C=O) groups is 1. The predicted octanol–water partition coefficient (Wildman–Crippen LogP) is 3.82. The lowest BCUT2D eigenvalue weighted by Gasteiger charge is -2.31. The van der Waals surface area contributed by atoms with E-state index >= 15 is 0 Å². The summed E-state index contributed by atoms with van der Waals surface area (Å²) in [5.41, 5.74) is 2.14. The van der Waals surface area contributed by atoms with Crippen molar-refractivity contribution in [3.8, 4) is 11.5 Å². The van der Waals surface area contributed by atoms with E-state index in [1.54, 1.807) is 54.6 Å². The van der Waals surface area contributed by atoms with Gasteiger partial charge in [0.05, 0.1) is 29.3 Å². The third kappa shape index (κ3) is 5.09. The number of rotatable bonds is 7. The Kier molecular flexibility index (Phi) is 6.43. The first kappa shape index (κ1) is 21.9. The summed E-state index contributed by atoms with van der Waals surface area (Å²) in [5.74, 6) is 0.555. The molecule has 1 heterocycles. The van der Waals surface area contributed by atoms with Gasteiger partial charge in [-0.3, -0.25) is 4.18 Å². The van der Waals surface area contributed by atoms with E-state index in [2.05, 4.69) is 0 Å². The van der Waals surface area contributed by atoms with Gasteiger partial charge < -0.3 is 14.4 Å². The van der Waals surface area contributed by atoms with Crippen molar-refractivity contribution in [2.45, 2.75) is 11.8 Å². The summed E-state index contributed by atoms with van der Waals surface area (Å²) in [6, 6.07) is 20.4. The lowest BCUT2D eigenvalue weighted by molar-refractivity contribution is 0.0734. The molecule has 7 nitrogen and oxygen atoms in total. The van der Waals surface area contributed by atoms with Crippen LogP contribution in [-0.4, -0.2) is 40.7 Å². The van der Waals surface area contributed by atoms with E-state index in [-0.39, 0.29) is 11.5 Å². The summed E-state index contributed by atoms with van der Waals surface area (Å²) >= 11 is 0. The average molecular weight is 454 g/mol. The summed E-state index contributed by atoms with van der Waals surface area (Å²) in [7, 11) is -3.84. The Morgan fingerprint density at radius 1 is 1.03 bits per heavy atom. The quantitative estimate of drug-likeness (QED) is 0.306. The molecule has 0 N–H and O–H groups in total. The zero-order valence-corrected chi connectivity index (χ0v) is 18.4. The number of hydrogen-bond acceptors (Lipinski definition) is 7. The first-order valence-corrected chi connectivity index (χ1v) is 11.6. The van der Waals surface area contributed by atoms with Crippen molar-refractivity contribution in [3.63, 3.8) is 0 Å². The Morgan fingerprint density at radius 2 is 1.78 bits per heavy atom. The van der Waals surface area contributed by atoms with Gasteiger partial charge in [-0.2, -0.15) is 8.42 Å². The SMILES string of the molecule is Cc1ccc(S(=O)(=O)OCCN2CCOc3ccc(OC(=O)c4ccccc4)cc32)cc1. The van der Waals surface area contributed by atoms with Gasteiger partial charge in [0.1, 0.15) is 18.1 Å². The molecule has 0 bridgehead atoms. The first-order chi connectivity index (χ1) is 15.4. The third-order valence-corrected chi connectivity index (χ3v) is 6.35. The van der Waals surface area contributed by atoms with Gasteiger partial charge in [0.15, 0.2) is 0 Å². The number of hydrogen-bond donors (Lipinski definition) is 0. The van der Waals surface area contributed by atoms with Crippen LogP contribution in [0.15, 0.2) is 77.7 Å². The van der Waals surface area contributed by atoms with E-state index in [9.17, 15) is 13.2 Å². The normalized spacial score (nSPS) is 13.2. The predicted molar refractivity (Wildman–Crippen MR) is 120 cm³/mol. The fraction of sp³-hybridized carbons (Fsp3) is 0.208. The number of carbonyl (C=O) groups excluding carboxylic acids is 1. The standard InChI is InChI=1S/C24H23NO6S/c1-18-7-10-21(11-8-18)32(27,28)30-16-14-25-13-15-29-23-12-9-20(17-22(23)25)31-24(26)19-5-3-2-4-6-19/h2-12,17H,13-16H2,1H3. The molecule has 0 aliphatic carbocycles. The van der Waals surface area contributed by atoms with Crippen molar-refractivity contribution in [2.24, 2.45) is 0 Å². The molecule has 0 amide bonds. The second-order valence-electron chi connectivity index (χ2n) is 7.31. The molecular formula is C24H23NO6S. The van der Waals surface area contributed by atoms with Gasteiger partial charge in [-0.05, 0) is 43.3 Å². The largest absolute Gasteiger partial charge is 0.490 e. The van der Waals surface area contributed by atoms with Crippen LogP contribution in [0.25, 0.3) is 0 Å². The van der Waals surface area contributed by atoms with Crippen LogP contribution in [0, 0.1) is 6.92 Å². The Hall–Kier alpha value is -3.36. The van der Waals surface area contributed by atoms with E-state index in [4.69, 9.17) is 13.7 Å². The van der Waals surface area contributed by atoms with Gasteiger partial charge in [0.2, 0.25) is 0 Å². The highest BCUT2D eigenvalue weighted by Crippen LogP contribution is 2.35. The minimum absolute atomic E-state index is 0.0241. The highest BCUT2D eigenvalue weighted by atomic mass is 32.2. The van der Waals surface area contributed by atoms with Crippen LogP contribution in [0.2, 0.25) is 0 Å². The van der Waals surface area contributed by atoms with Gasteiger partial charge >= 0.3 is 5.97 Å². The van der Waals surface area contributed by atoms with E-state index < -0.39 is 16.1 Å². The fourth-order valence-electron chi connectivity index (χ4n) is 3.32. The summed E-state index contributed by atoms with van der Waals surface area (Å²) < 4.78 is 41.2. The molecule has 0 atom stereocenters. The van der Waals surface area contributed by atoms with E-state index in [0.29, 0.717) is 42.4 Å². The molecule has 0 radical (unpaired) electrons. The van der Waals surface area contributed by atoms with Crippen LogP contribution in [0.4, 0.5) is 5.69 Å². The molecule has 0 unspecified atom stereocenters. The number of benzene rings is 3. The second kappa shape index (κ2) is 9.42. The zero-order valence-electron chi connectivity index (χ0n) is 17.6. The number of nitrogens with zero attached hydrogens (tertiary/aromatic N) is 1. The average Bonchev–Trinajstić information content (AvgIpc) is 2.80. The van der Waals surface area contributed by atoms with Gasteiger partial charge in [0.25, 0.3) is 10.1 Å². The molecule has 0 aromatic heterocycles. The summed E-state index contributed by atoms with van der Waals surface area (Å²) in [6.07, 6.45) is 0. The molecule has 1 aliphatic heterocycles. The topological polar surface area (TPSA) is 82.1 Å². The number of anilines is 1. The van der Waals surface area contributed by atoms with E-state index in [1.807, 2.05) is 17.9 Å². The van der Waals surface area contributed by atoms with Crippen LogP contribution in [-0.2, 0) is 14.3 Å². The van der Waals surface area contributed by atoms with Crippen molar-refractivity contribution in [1.82, 2.24) is 0 Å². The summed E-state index contributed by atoms with van der Waals surface area (Å²) in [6.45, 7) is 3.21. The Labute approximate surface area is 187 Å². The van der Waals surface area contributed by atoms with Gasteiger partial charge in [-0.1, -0.05) is 35.9 Å². The molecule has 1 aliphatic rings. The summed E-state index contributed by atoms with van der Waals surface area (Å²) in [4.78, 5) is 14.4. The highest BCUT2D eigenvalue weighted by molar-refractivity contribution is 7.86. The fourth-order valence-corrected chi connectivity index (χ4v) is 4.22. The molecule has 0 saturated heterocycles. The van der Waals surface area contributed by atoms with Crippen LogP contribution in [0.3, 0.4) is 0 Å². The molecule has 0 fully saturated rings. The van der Waals surface area contributed by atoms with Crippen molar-refractivity contribution in [2.75, 3.05) is 31.2 Å². The van der Waals surface area contributed by atoms with Gasteiger partial charge in [0, 0.05) is 12.6 Å². The third-order valence-electron chi connectivity index (χ3n) is 5.02. The maximum Gasteiger partial charge on any atom is 0.343 e. The number of aryl methyl sites for hydroxylation is 1. The molecule has 4 rings (SSSR count). The Balaban J connectivity index is 1.43. The monoisotopic (exact) mass is 453 g/mol. The highest BCUT2D eigenvalue weighted by Gasteiger charge is 2.21. The van der Waals surface area contributed by atoms with E-state index in [1.165, 1.54) is 12.1 Å². The molecule has 0 saturated carbocycles. The molecular weight excluding hydrogens is 430 g/mol. The number of fused-ring (bicyclic) bond motifs is 1. The lowest BCUT2D eigenvalue weighted by atomic mass is 10.2. The molecule has 8 heteroatoms. The molecule has 3 aromatic rings. The van der Waals surface area contributed by atoms with Crippen LogP contribution in [0.5, 0.6) is 11.5 Å².